The van der Waals surface area contributed by atoms with E-state index in [4.69, 9.17) is 9.90 Å². The van der Waals surface area contributed by atoms with Crippen LogP contribution in [0.25, 0.3) is 5.57 Å². The maximum absolute atomic E-state index is 14.4. The summed E-state index contributed by atoms with van der Waals surface area (Å²) in [5.74, 6) is -3.73. The van der Waals surface area contributed by atoms with Crippen LogP contribution in [0.15, 0.2) is 48.5 Å². The number of nitrogens with one attached hydrogen (secondary N) is 1. The molecule has 37 heavy (non-hydrogen) atoms. The molecule has 0 radical (unpaired) electrons. The molecule has 2 aliphatic rings. The average molecular weight is 527 g/mol. The molecular weight excluding hydrogens is 501 g/mol. The Labute approximate surface area is 209 Å². The van der Waals surface area contributed by atoms with Crippen LogP contribution in [-0.4, -0.2) is 70.9 Å². The second-order valence-electron chi connectivity index (χ2n) is 8.66. The number of urea groups is 1. The minimum absolute atomic E-state index is 0.0883. The van der Waals surface area contributed by atoms with Crippen molar-refractivity contribution >= 4 is 17.6 Å². The van der Waals surface area contributed by atoms with Gasteiger partial charge in [0.1, 0.15) is 17.4 Å². The Morgan fingerprint density at radius 2 is 1.73 bits per heavy atom. The van der Waals surface area contributed by atoms with E-state index in [0.29, 0.717) is 11.1 Å². The van der Waals surface area contributed by atoms with Crippen LogP contribution in [0, 0.1) is 11.6 Å². The van der Waals surface area contributed by atoms with Gasteiger partial charge >= 0.3 is 18.2 Å². The van der Waals surface area contributed by atoms with E-state index >= 15 is 0 Å². The minimum atomic E-state index is -5.08. The lowest BCUT2D eigenvalue weighted by molar-refractivity contribution is -0.192. The lowest BCUT2D eigenvalue weighted by Gasteiger charge is -2.36. The zero-order valence-corrected chi connectivity index (χ0v) is 19.8. The molecule has 200 valence electrons. The van der Waals surface area contributed by atoms with E-state index in [2.05, 4.69) is 5.32 Å². The standard InChI is InChI=1S/C23H25F2N3O2.C2HF3O2/c1-27(18-7-9-26-10-8-18)23(30)28-14-16(20-13-17(24)5-6-21(20)25)12-22(28)15-3-2-4-19(29)11-15;3-2(4,5)1(6)7/h2-6,11-13,18,22,26,29H,7-10,14H2,1H3;(H,6,7). The quantitative estimate of drug-likeness (QED) is 0.510. The Balaban J connectivity index is 0.000000479. The predicted octanol–water partition coefficient (Wildman–Crippen LogP) is 4.55. The minimum Gasteiger partial charge on any atom is -0.508 e. The summed E-state index contributed by atoms with van der Waals surface area (Å²) < 4.78 is 59.9. The molecule has 1 fully saturated rings. The largest absolute Gasteiger partial charge is 0.508 e. The van der Waals surface area contributed by atoms with Crippen molar-refractivity contribution in [3.05, 3.63) is 71.3 Å². The number of amides is 2. The molecule has 1 unspecified atom stereocenters. The number of carboxylic acid groups (broad SMARTS) is 1. The third-order valence-corrected chi connectivity index (χ3v) is 6.17. The molecule has 1 atom stereocenters. The van der Waals surface area contributed by atoms with Gasteiger partial charge < -0.3 is 25.3 Å². The third-order valence-electron chi connectivity index (χ3n) is 6.17. The van der Waals surface area contributed by atoms with E-state index in [1.807, 2.05) is 6.07 Å². The van der Waals surface area contributed by atoms with Gasteiger partial charge in [-0.1, -0.05) is 18.2 Å². The van der Waals surface area contributed by atoms with Crippen LogP contribution < -0.4 is 5.32 Å². The van der Waals surface area contributed by atoms with Gasteiger partial charge in [-0.05, 0) is 67.4 Å². The normalized spacial score (nSPS) is 18.1. The molecule has 1 saturated heterocycles. The number of carbonyl (C=O) groups is 2. The van der Waals surface area contributed by atoms with Crippen LogP contribution in [0.2, 0.25) is 0 Å². The highest BCUT2D eigenvalue weighted by molar-refractivity contribution is 5.82. The van der Waals surface area contributed by atoms with Crippen molar-refractivity contribution in [3.63, 3.8) is 0 Å². The smallest absolute Gasteiger partial charge is 0.490 e. The SMILES string of the molecule is CN(C(=O)N1CC(c2cc(F)ccc2F)=CC1c1cccc(O)c1)C1CCNCC1.O=C(O)C(F)(F)F. The van der Waals surface area contributed by atoms with Gasteiger partial charge in [-0.3, -0.25) is 0 Å². The Morgan fingerprint density at radius 1 is 1.08 bits per heavy atom. The Bertz CT molecular complexity index is 1170. The number of rotatable bonds is 3. The summed E-state index contributed by atoms with van der Waals surface area (Å²) in [5.41, 5.74) is 1.42. The molecule has 2 aromatic carbocycles. The number of hydrogen-bond acceptors (Lipinski definition) is 4. The van der Waals surface area contributed by atoms with Gasteiger partial charge in [0.15, 0.2) is 0 Å². The van der Waals surface area contributed by atoms with Crippen molar-refractivity contribution in [2.75, 3.05) is 26.7 Å². The molecular formula is C25H26F5N3O4. The molecule has 4 rings (SSSR count). The number of phenolic OH excluding ortho intramolecular Hbond substituents is 1. The maximum Gasteiger partial charge on any atom is 0.490 e. The van der Waals surface area contributed by atoms with Crippen molar-refractivity contribution < 1.29 is 41.8 Å². The fraction of sp³-hybridized carbons (Fsp3) is 0.360. The molecule has 2 aromatic rings. The predicted molar refractivity (Wildman–Crippen MR) is 125 cm³/mol. The summed E-state index contributed by atoms with van der Waals surface area (Å²) in [4.78, 5) is 25.7. The maximum atomic E-state index is 14.4. The molecule has 12 heteroatoms. The van der Waals surface area contributed by atoms with Crippen molar-refractivity contribution in [3.8, 4) is 5.75 Å². The molecule has 0 aliphatic carbocycles. The number of benzene rings is 2. The molecule has 0 saturated carbocycles. The number of carbonyl (C=O) groups excluding carboxylic acids is 1. The second-order valence-corrected chi connectivity index (χ2v) is 8.66. The Hall–Kier alpha value is -3.67. The molecule has 0 bridgehead atoms. The van der Waals surface area contributed by atoms with Gasteiger partial charge in [-0.15, -0.1) is 0 Å². The van der Waals surface area contributed by atoms with Crippen LogP contribution in [0.4, 0.5) is 26.7 Å². The van der Waals surface area contributed by atoms with Gasteiger partial charge in [0.05, 0.1) is 6.04 Å². The number of aliphatic carboxylic acids is 1. The van der Waals surface area contributed by atoms with Crippen molar-refractivity contribution in [1.29, 1.82) is 0 Å². The number of alkyl halides is 3. The zero-order valence-electron chi connectivity index (χ0n) is 19.8. The van der Waals surface area contributed by atoms with Gasteiger partial charge in [0.2, 0.25) is 0 Å². The summed E-state index contributed by atoms with van der Waals surface area (Å²) in [6.07, 6.45) is -1.57. The van der Waals surface area contributed by atoms with Gasteiger partial charge in [-0.25, -0.2) is 18.4 Å². The van der Waals surface area contributed by atoms with Gasteiger partial charge in [0.25, 0.3) is 0 Å². The Morgan fingerprint density at radius 3 is 2.32 bits per heavy atom. The fourth-order valence-electron chi connectivity index (χ4n) is 4.26. The van der Waals surface area contributed by atoms with E-state index in [0.717, 1.165) is 44.1 Å². The fourth-order valence-corrected chi connectivity index (χ4v) is 4.26. The highest BCUT2D eigenvalue weighted by Gasteiger charge is 2.38. The molecule has 2 heterocycles. The van der Waals surface area contributed by atoms with Crippen molar-refractivity contribution in [2.24, 2.45) is 0 Å². The first-order chi connectivity index (χ1) is 17.4. The number of hydrogen-bond donors (Lipinski definition) is 3. The van der Waals surface area contributed by atoms with Crippen LogP contribution in [-0.2, 0) is 4.79 Å². The molecule has 7 nitrogen and oxygen atoms in total. The summed E-state index contributed by atoms with van der Waals surface area (Å²) >= 11 is 0. The lowest BCUT2D eigenvalue weighted by atomic mass is 10.0. The number of carboxylic acids is 1. The first kappa shape index (κ1) is 27.9. The zero-order chi connectivity index (χ0) is 27.3. The second kappa shape index (κ2) is 11.6. The molecule has 0 aromatic heterocycles. The summed E-state index contributed by atoms with van der Waals surface area (Å²) in [5, 5.41) is 20.3. The lowest BCUT2D eigenvalue weighted by Crippen LogP contribution is -2.49. The summed E-state index contributed by atoms with van der Waals surface area (Å²) in [6, 6.07) is 9.48. The van der Waals surface area contributed by atoms with Crippen molar-refractivity contribution in [2.45, 2.75) is 31.1 Å². The van der Waals surface area contributed by atoms with E-state index in [1.54, 1.807) is 41.1 Å². The monoisotopic (exact) mass is 527 g/mol. The number of piperidine rings is 1. The van der Waals surface area contributed by atoms with E-state index < -0.39 is 29.8 Å². The molecule has 3 N–H and O–H groups in total. The molecule has 0 spiro atoms. The summed E-state index contributed by atoms with van der Waals surface area (Å²) in [6.45, 7) is 1.88. The van der Waals surface area contributed by atoms with E-state index in [-0.39, 0.29) is 29.9 Å². The molecule has 2 amide bonds. The van der Waals surface area contributed by atoms with Gasteiger partial charge in [-0.2, -0.15) is 13.2 Å². The highest BCUT2D eigenvalue weighted by Crippen LogP contribution is 2.37. The van der Waals surface area contributed by atoms with Crippen LogP contribution >= 0.6 is 0 Å². The van der Waals surface area contributed by atoms with E-state index in [9.17, 15) is 31.9 Å². The number of aromatic hydroxyl groups is 1. The van der Waals surface area contributed by atoms with Crippen LogP contribution in [0.3, 0.4) is 0 Å². The van der Waals surface area contributed by atoms with Crippen LogP contribution in [0.1, 0.15) is 30.0 Å². The first-order valence-electron chi connectivity index (χ1n) is 11.4. The number of nitrogens with zero attached hydrogens (tertiary/aromatic N) is 2. The highest BCUT2D eigenvalue weighted by atomic mass is 19.4. The number of halogens is 5. The average Bonchev–Trinajstić information content (AvgIpc) is 3.30. The number of phenols is 1. The van der Waals surface area contributed by atoms with Crippen molar-refractivity contribution in [1.82, 2.24) is 15.1 Å². The van der Waals surface area contributed by atoms with E-state index in [1.165, 1.54) is 0 Å². The van der Waals surface area contributed by atoms with Gasteiger partial charge in [0, 0.05) is 25.2 Å². The third kappa shape index (κ3) is 6.97. The topological polar surface area (TPSA) is 93.1 Å². The summed E-state index contributed by atoms with van der Waals surface area (Å²) in [7, 11) is 1.79. The first-order valence-corrected chi connectivity index (χ1v) is 11.4. The van der Waals surface area contributed by atoms with Crippen LogP contribution in [0.5, 0.6) is 5.75 Å². The Kier molecular flexibility index (Phi) is 8.74. The molecule has 2 aliphatic heterocycles.